The minimum absolute atomic E-state index is 0.00436. The van der Waals surface area contributed by atoms with Crippen LogP contribution >= 0.6 is 0 Å². The molecule has 0 atom stereocenters. The van der Waals surface area contributed by atoms with Crippen molar-refractivity contribution in [2.75, 3.05) is 25.1 Å². The highest BCUT2D eigenvalue weighted by molar-refractivity contribution is 7.90. The average molecular weight is 312 g/mol. The second-order valence-electron chi connectivity index (χ2n) is 5.72. The summed E-state index contributed by atoms with van der Waals surface area (Å²) in [4.78, 5) is 12.2. The molecule has 0 saturated heterocycles. The van der Waals surface area contributed by atoms with Crippen molar-refractivity contribution in [2.24, 2.45) is 5.41 Å². The van der Waals surface area contributed by atoms with Gasteiger partial charge in [-0.2, -0.15) is 0 Å². The van der Waals surface area contributed by atoms with Gasteiger partial charge in [-0.05, 0) is 42.9 Å². The Morgan fingerprint density at radius 2 is 2.05 bits per heavy atom. The second kappa shape index (κ2) is 5.65. The molecule has 0 spiro atoms. The lowest BCUT2D eigenvalue weighted by Gasteiger charge is -2.15. The third-order valence-electron chi connectivity index (χ3n) is 3.84. The molecule has 6 nitrogen and oxygen atoms in total. The first-order chi connectivity index (χ1) is 9.76. The maximum absolute atomic E-state index is 12.1. The molecule has 0 bridgehead atoms. The van der Waals surface area contributed by atoms with E-state index in [1.54, 1.807) is 0 Å². The number of hydrogen-bond donors (Lipinski definition) is 3. The quantitative estimate of drug-likeness (QED) is 0.665. The molecule has 0 radical (unpaired) electrons. The predicted octanol–water partition coefficient (Wildman–Crippen LogP) is 0.565. The van der Waals surface area contributed by atoms with E-state index in [1.165, 1.54) is 18.2 Å². The molecule has 7 heteroatoms. The van der Waals surface area contributed by atoms with Gasteiger partial charge in [-0.1, -0.05) is 0 Å². The summed E-state index contributed by atoms with van der Waals surface area (Å²) in [6.45, 7) is 0.585. The molecule has 0 aromatic heterocycles. The van der Waals surface area contributed by atoms with E-state index in [0.717, 1.165) is 19.1 Å². The summed E-state index contributed by atoms with van der Waals surface area (Å²) in [7, 11) is -3.41. The summed E-state index contributed by atoms with van der Waals surface area (Å²) in [5, 5.41) is 11.8. The van der Waals surface area contributed by atoms with Crippen LogP contribution in [0.2, 0.25) is 0 Å². The summed E-state index contributed by atoms with van der Waals surface area (Å²) < 4.78 is 23.1. The van der Waals surface area contributed by atoms with Crippen LogP contribution in [0.25, 0.3) is 0 Å². The molecular formula is C14H20N2O4S. The van der Waals surface area contributed by atoms with Crippen LogP contribution in [0.1, 0.15) is 29.6 Å². The summed E-state index contributed by atoms with van der Waals surface area (Å²) in [6, 6.07) is 4.11. The Morgan fingerprint density at radius 1 is 1.38 bits per heavy atom. The molecule has 0 unspecified atom stereocenters. The van der Waals surface area contributed by atoms with Gasteiger partial charge >= 0.3 is 0 Å². The summed E-state index contributed by atoms with van der Waals surface area (Å²) in [5.41, 5.74) is 6.13. The second-order valence-corrected chi connectivity index (χ2v) is 7.73. The molecule has 116 valence electrons. The van der Waals surface area contributed by atoms with Gasteiger partial charge in [0.05, 0.1) is 4.90 Å². The van der Waals surface area contributed by atoms with Crippen LogP contribution in [-0.2, 0) is 9.84 Å². The zero-order chi connectivity index (χ0) is 15.7. The number of sulfone groups is 1. The van der Waals surface area contributed by atoms with Crippen LogP contribution in [0.5, 0.6) is 0 Å². The molecule has 1 amide bonds. The molecule has 21 heavy (non-hydrogen) atoms. The number of rotatable bonds is 6. The number of nitrogens with two attached hydrogens (primary N) is 1. The lowest BCUT2D eigenvalue weighted by atomic mass is 10.0. The number of benzene rings is 1. The predicted molar refractivity (Wildman–Crippen MR) is 79.7 cm³/mol. The van der Waals surface area contributed by atoms with E-state index in [9.17, 15) is 13.2 Å². The monoisotopic (exact) mass is 312 g/mol. The fourth-order valence-corrected chi connectivity index (χ4v) is 2.96. The van der Waals surface area contributed by atoms with Gasteiger partial charge in [0.1, 0.15) is 0 Å². The van der Waals surface area contributed by atoms with E-state index in [1.807, 2.05) is 0 Å². The molecule has 2 rings (SSSR count). The van der Waals surface area contributed by atoms with Crippen LogP contribution in [-0.4, -0.2) is 38.8 Å². The Bertz CT molecular complexity index is 651. The Hall–Kier alpha value is -1.60. The van der Waals surface area contributed by atoms with Crippen molar-refractivity contribution in [1.82, 2.24) is 5.32 Å². The lowest BCUT2D eigenvalue weighted by molar-refractivity contribution is 0.0940. The Balaban J connectivity index is 2.11. The van der Waals surface area contributed by atoms with Gasteiger partial charge in [0.2, 0.25) is 0 Å². The van der Waals surface area contributed by atoms with Crippen LogP contribution in [0.4, 0.5) is 5.69 Å². The van der Waals surface area contributed by atoms with E-state index in [0.29, 0.717) is 13.0 Å². The third-order valence-corrected chi connectivity index (χ3v) is 4.93. The van der Waals surface area contributed by atoms with Gasteiger partial charge in [0, 0.05) is 30.7 Å². The zero-order valence-corrected chi connectivity index (χ0v) is 12.7. The van der Waals surface area contributed by atoms with Crippen LogP contribution in [0.15, 0.2) is 23.1 Å². The highest BCUT2D eigenvalue weighted by Gasteiger charge is 2.41. The van der Waals surface area contributed by atoms with Crippen LogP contribution < -0.4 is 11.1 Å². The van der Waals surface area contributed by atoms with E-state index in [2.05, 4.69) is 5.32 Å². The van der Waals surface area contributed by atoms with Gasteiger partial charge < -0.3 is 16.2 Å². The van der Waals surface area contributed by atoms with Gasteiger partial charge in [-0.25, -0.2) is 8.42 Å². The molecule has 1 aromatic carbocycles. The SMILES string of the molecule is CS(=O)(=O)c1cc(N)cc(C(=O)NCC2(CCO)CC2)c1. The van der Waals surface area contributed by atoms with Crippen LogP contribution in [0.3, 0.4) is 0 Å². The molecule has 1 aliphatic rings. The number of anilines is 1. The largest absolute Gasteiger partial charge is 0.399 e. The fourth-order valence-electron chi connectivity index (χ4n) is 2.27. The van der Waals surface area contributed by atoms with E-state index >= 15 is 0 Å². The van der Waals surface area contributed by atoms with Crippen molar-refractivity contribution in [1.29, 1.82) is 0 Å². The standard InChI is InChI=1S/C14H20N2O4S/c1-21(19,20)12-7-10(6-11(15)8-12)13(18)16-9-14(2-3-14)4-5-17/h6-8,17H,2-5,9,15H2,1H3,(H,16,18). The van der Waals surface area contributed by atoms with Gasteiger partial charge in [0.15, 0.2) is 9.84 Å². The topological polar surface area (TPSA) is 109 Å². The molecule has 1 aromatic rings. The summed E-state index contributed by atoms with van der Waals surface area (Å²) >= 11 is 0. The maximum Gasteiger partial charge on any atom is 0.251 e. The fraction of sp³-hybridized carbons (Fsp3) is 0.500. The summed E-state index contributed by atoms with van der Waals surface area (Å²) in [6.07, 6.45) is 3.71. The summed E-state index contributed by atoms with van der Waals surface area (Å²) in [5.74, 6) is -0.351. The average Bonchev–Trinajstić information content (AvgIpc) is 3.15. The molecular weight excluding hydrogens is 292 g/mol. The third kappa shape index (κ3) is 3.95. The number of nitrogens with one attached hydrogen (secondary N) is 1. The maximum atomic E-state index is 12.1. The van der Waals surface area contributed by atoms with Gasteiger partial charge in [-0.15, -0.1) is 0 Å². The minimum Gasteiger partial charge on any atom is -0.399 e. The number of amides is 1. The molecule has 4 N–H and O–H groups in total. The van der Waals surface area contributed by atoms with Crippen molar-refractivity contribution < 1.29 is 18.3 Å². The van der Waals surface area contributed by atoms with Crippen molar-refractivity contribution in [3.63, 3.8) is 0 Å². The number of aliphatic hydroxyl groups excluding tert-OH is 1. The first-order valence-electron chi connectivity index (χ1n) is 6.75. The molecule has 1 fully saturated rings. The highest BCUT2D eigenvalue weighted by atomic mass is 32.2. The molecule has 1 aliphatic carbocycles. The highest BCUT2D eigenvalue weighted by Crippen LogP contribution is 2.47. The molecule has 0 heterocycles. The normalized spacial score (nSPS) is 16.5. The number of carbonyl (C=O) groups excluding carboxylic acids is 1. The van der Waals surface area contributed by atoms with Crippen molar-refractivity contribution in [2.45, 2.75) is 24.2 Å². The molecule has 1 saturated carbocycles. The smallest absolute Gasteiger partial charge is 0.251 e. The Labute approximate surface area is 124 Å². The number of carbonyl (C=O) groups is 1. The van der Waals surface area contributed by atoms with E-state index in [4.69, 9.17) is 10.8 Å². The first kappa shape index (κ1) is 15.8. The van der Waals surface area contributed by atoms with Crippen molar-refractivity contribution in [3.05, 3.63) is 23.8 Å². The number of aliphatic hydroxyl groups is 1. The van der Waals surface area contributed by atoms with E-state index in [-0.39, 0.29) is 34.1 Å². The van der Waals surface area contributed by atoms with E-state index < -0.39 is 9.84 Å². The molecule has 0 aliphatic heterocycles. The van der Waals surface area contributed by atoms with Gasteiger partial charge in [0.25, 0.3) is 5.91 Å². The number of nitrogen functional groups attached to an aromatic ring is 1. The van der Waals surface area contributed by atoms with Crippen molar-refractivity contribution >= 4 is 21.4 Å². The van der Waals surface area contributed by atoms with Crippen LogP contribution in [0, 0.1) is 5.41 Å². The van der Waals surface area contributed by atoms with Gasteiger partial charge in [-0.3, -0.25) is 4.79 Å². The first-order valence-corrected chi connectivity index (χ1v) is 8.65. The Morgan fingerprint density at radius 3 is 2.57 bits per heavy atom. The Kier molecular flexibility index (Phi) is 4.25. The lowest BCUT2D eigenvalue weighted by Crippen LogP contribution is -2.30. The number of hydrogen-bond acceptors (Lipinski definition) is 5. The van der Waals surface area contributed by atoms with Crippen molar-refractivity contribution in [3.8, 4) is 0 Å². The zero-order valence-electron chi connectivity index (χ0n) is 11.9. The minimum atomic E-state index is -3.41.